The van der Waals surface area contributed by atoms with E-state index in [1.807, 2.05) is 13.8 Å². The van der Waals surface area contributed by atoms with Gasteiger partial charge in [0.05, 0.1) is 0 Å². The van der Waals surface area contributed by atoms with Crippen LogP contribution in [-0.2, 0) is 10.8 Å². The van der Waals surface area contributed by atoms with Crippen molar-refractivity contribution in [2.75, 3.05) is 23.9 Å². The second kappa shape index (κ2) is 5.06. The third kappa shape index (κ3) is 3.16. The Labute approximate surface area is 92.0 Å². The molecule has 5 nitrogen and oxygen atoms in total. The molecule has 0 aliphatic carbocycles. The standard InChI is InChI=1S/C9H16N4OS/c1-6(15(3)14)4-11-9-7(2)8(10)12-5-13-9/h5-6H,4H2,1-3H3,(H3,10,11,12,13). The zero-order chi connectivity index (χ0) is 11.4. The van der Waals surface area contributed by atoms with Gasteiger partial charge >= 0.3 is 0 Å². The van der Waals surface area contributed by atoms with Gasteiger partial charge in [-0.1, -0.05) is 0 Å². The minimum Gasteiger partial charge on any atom is -0.383 e. The summed E-state index contributed by atoms with van der Waals surface area (Å²) in [7, 11) is -0.833. The molecular formula is C9H16N4OS. The van der Waals surface area contributed by atoms with E-state index in [4.69, 9.17) is 5.73 Å². The van der Waals surface area contributed by atoms with Gasteiger partial charge in [-0.2, -0.15) is 0 Å². The zero-order valence-corrected chi connectivity index (χ0v) is 9.97. The van der Waals surface area contributed by atoms with Crippen molar-refractivity contribution in [3.63, 3.8) is 0 Å². The van der Waals surface area contributed by atoms with Crippen LogP contribution in [0.15, 0.2) is 6.33 Å². The van der Waals surface area contributed by atoms with Gasteiger partial charge in [0.15, 0.2) is 0 Å². The Morgan fingerprint density at radius 3 is 2.87 bits per heavy atom. The highest BCUT2D eigenvalue weighted by Crippen LogP contribution is 2.14. The SMILES string of the molecule is Cc1c(N)ncnc1NCC(C)S(C)=O. The quantitative estimate of drug-likeness (QED) is 0.786. The van der Waals surface area contributed by atoms with Crippen molar-refractivity contribution < 1.29 is 4.21 Å². The summed E-state index contributed by atoms with van der Waals surface area (Å²) < 4.78 is 11.1. The van der Waals surface area contributed by atoms with Crippen molar-refractivity contribution >= 4 is 22.4 Å². The highest BCUT2D eigenvalue weighted by molar-refractivity contribution is 7.84. The number of anilines is 2. The number of aromatic nitrogens is 2. The molecule has 1 rings (SSSR count). The van der Waals surface area contributed by atoms with Crippen molar-refractivity contribution in [3.8, 4) is 0 Å². The Kier molecular flexibility index (Phi) is 4.02. The van der Waals surface area contributed by atoms with Crippen molar-refractivity contribution in [2.24, 2.45) is 0 Å². The number of hydrogen-bond donors (Lipinski definition) is 2. The van der Waals surface area contributed by atoms with Crippen LogP contribution in [0.1, 0.15) is 12.5 Å². The summed E-state index contributed by atoms with van der Waals surface area (Å²) in [6.45, 7) is 4.38. The first-order valence-corrected chi connectivity index (χ1v) is 6.27. The van der Waals surface area contributed by atoms with Gasteiger partial charge in [0, 0.05) is 34.4 Å². The van der Waals surface area contributed by atoms with Crippen LogP contribution < -0.4 is 11.1 Å². The van der Waals surface area contributed by atoms with Crippen LogP contribution in [0.3, 0.4) is 0 Å². The summed E-state index contributed by atoms with van der Waals surface area (Å²) in [5, 5.41) is 3.19. The predicted octanol–water partition coefficient (Wildman–Crippen LogP) is 0.546. The van der Waals surface area contributed by atoms with E-state index in [0.717, 1.165) is 5.56 Å². The predicted molar refractivity (Wildman–Crippen MR) is 63.2 cm³/mol. The Morgan fingerprint density at radius 1 is 1.60 bits per heavy atom. The van der Waals surface area contributed by atoms with Crippen LogP contribution in [-0.4, -0.2) is 32.2 Å². The molecule has 0 saturated carbocycles. The summed E-state index contributed by atoms with van der Waals surface area (Å²) in [5.41, 5.74) is 6.46. The molecule has 3 N–H and O–H groups in total. The minimum absolute atomic E-state index is 0.0839. The molecule has 15 heavy (non-hydrogen) atoms. The maximum atomic E-state index is 11.1. The van der Waals surface area contributed by atoms with Crippen LogP contribution in [0.25, 0.3) is 0 Å². The van der Waals surface area contributed by atoms with E-state index in [2.05, 4.69) is 15.3 Å². The number of hydrogen-bond acceptors (Lipinski definition) is 5. The Bertz CT molecular complexity index is 369. The molecule has 0 fully saturated rings. The van der Waals surface area contributed by atoms with Crippen LogP contribution >= 0.6 is 0 Å². The monoisotopic (exact) mass is 228 g/mol. The lowest BCUT2D eigenvalue weighted by atomic mass is 10.3. The molecule has 1 aromatic rings. The number of nitrogen functional groups attached to an aromatic ring is 1. The molecule has 1 aromatic heterocycles. The van der Waals surface area contributed by atoms with Gasteiger partial charge in [-0.3, -0.25) is 4.21 Å². The fourth-order valence-corrected chi connectivity index (χ4v) is 1.32. The van der Waals surface area contributed by atoms with Crippen molar-refractivity contribution in [1.82, 2.24) is 9.97 Å². The largest absolute Gasteiger partial charge is 0.383 e. The topological polar surface area (TPSA) is 80.9 Å². The van der Waals surface area contributed by atoms with E-state index in [0.29, 0.717) is 18.2 Å². The summed E-state index contributed by atoms with van der Waals surface area (Å²) in [5.74, 6) is 1.18. The van der Waals surface area contributed by atoms with E-state index >= 15 is 0 Å². The van der Waals surface area contributed by atoms with Gasteiger partial charge in [0.25, 0.3) is 0 Å². The van der Waals surface area contributed by atoms with Gasteiger partial charge in [-0.05, 0) is 13.8 Å². The minimum atomic E-state index is -0.833. The fraction of sp³-hybridized carbons (Fsp3) is 0.556. The van der Waals surface area contributed by atoms with Crippen LogP contribution in [0.2, 0.25) is 0 Å². The Morgan fingerprint density at radius 2 is 2.27 bits per heavy atom. The number of nitrogens with one attached hydrogen (secondary N) is 1. The molecule has 1 heterocycles. The summed E-state index contributed by atoms with van der Waals surface area (Å²) >= 11 is 0. The first-order chi connectivity index (χ1) is 7.02. The molecule has 0 aliphatic heterocycles. The number of nitrogens with two attached hydrogens (primary N) is 1. The van der Waals surface area contributed by atoms with E-state index in [1.165, 1.54) is 6.33 Å². The molecule has 0 aliphatic rings. The average Bonchev–Trinajstić information content (AvgIpc) is 2.19. The molecule has 0 radical (unpaired) electrons. The molecule has 2 atom stereocenters. The second-order valence-electron chi connectivity index (χ2n) is 3.42. The summed E-state index contributed by atoms with van der Waals surface area (Å²) in [6.07, 6.45) is 3.10. The lowest BCUT2D eigenvalue weighted by Gasteiger charge is -2.12. The van der Waals surface area contributed by atoms with Crippen LogP contribution in [0.4, 0.5) is 11.6 Å². The number of nitrogens with zero attached hydrogens (tertiary/aromatic N) is 2. The smallest absolute Gasteiger partial charge is 0.134 e. The zero-order valence-electron chi connectivity index (χ0n) is 9.15. The lowest BCUT2D eigenvalue weighted by Crippen LogP contribution is -2.21. The highest BCUT2D eigenvalue weighted by atomic mass is 32.2. The fourth-order valence-electron chi connectivity index (χ4n) is 1.000. The van der Waals surface area contributed by atoms with E-state index < -0.39 is 10.8 Å². The molecule has 0 aromatic carbocycles. The van der Waals surface area contributed by atoms with Gasteiger partial charge in [-0.15, -0.1) is 0 Å². The van der Waals surface area contributed by atoms with Gasteiger partial charge in [0.2, 0.25) is 0 Å². The molecule has 6 heteroatoms. The summed E-state index contributed by atoms with van der Waals surface area (Å²) in [6, 6.07) is 0. The third-order valence-corrected chi connectivity index (χ3v) is 3.55. The maximum absolute atomic E-state index is 11.1. The molecule has 0 saturated heterocycles. The van der Waals surface area contributed by atoms with Gasteiger partial charge in [0.1, 0.15) is 18.0 Å². The molecule has 84 valence electrons. The Balaban J connectivity index is 2.66. The van der Waals surface area contributed by atoms with Gasteiger partial charge in [-0.25, -0.2) is 9.97 Å². The van der Waals surface area contributed by atoms with E-state index in [1.54, 1.807) is 6.26 Å². The third-order valence-electron chi connectivity index (χ3n) is 2.25. The van der Waals surface area contributed by atoms with Crippen LogP contribution in [0, 0.1) is 6.92 Å². The maximum Gasteiger partial charge on any atom is 0.134 e. The Hall–Kier alpha value is -1.17. The van der Waals surface area contributed by atoms with Crippen molar-refractivity contribution in [2.45, 2.75) is 19.1 Å². The molecule has 2 unspecified atom stereocenters. The van der Waals surface area contributed by atoms with Crippen LogP contribution in [0.5, 0.6) is 0 Å². The molecular weight excluding hydrogens is 212 g/mol. The summed E-state index contributed by atoms with van der Waals surface area (Å²) in [4.78, 5) is 7.94. The van der Waals surface area contributed by atoms with E-state index in [-0.39, 0.29) is 5.25 Å². The van der Waals surface area contributed by atoms with Crippen molar-refractivity contribution in [1.29, 1.82) is 0 Å². The number of rotatable bonds is 4. The second-order valence-corrected chi connectivity index (χ2v) is 5.22. The molecule has 0 spiro atoms. The molecule has 0 amide bonds. The van der Waals surface area contributed by atoms with E-state index in [9.17, 15) is 4.21 Å². The first kappa shape index (κ1) is 11.9. The average molecular weight is 228 g/mol. The normalized spacial score (nSPS) is 14.6. The molecule has 0 bridgehead atoms. The van der Waals surface area contributed by atoms with Gasteiger partial charge < -0.3 is 11.1 Å². The van der Waals surface area contributed by atoms with Crippen molar-refractivity contribution in [3.05, 3.63) is 11.9 Å². The highest BCUT2D eigenvalue weighted by Gasteiger charge is 2.08. The first-order valence-electron chi connectivity index (χ1n) is 4.65. The lowest BCUT2D eigenvalue weighted by molar-refractivity contribution is 0.678.